The average Bonchev–Trinajstić information content (AvgIpc) is 2.53. The maximum atomic E-state index is 12.2. The van der Waals surface area contributed by atoms with E-state index >= 15 is 0 Å². The highest BCUT2D eigenvalue weighted by molar-refractivity contribution is 5.77. The third-order valence-electron chi connectivity index (χ3n) is 3.53. The monoisotopic (exact) mass is 299 g/mol. The Hall–Kier alpha value is -2.43. The van der Waals surface area contributed by atoms with Crippen molar-refractivity contribution in [3.05, 3.63) is 54.1 Å². The predicted octanol–water partition coefficient (Wildman–Crippen LogP) is 2.25. The Morgan fingerprint density at radius 1 is 1.36 bits per heavy atom. The van der Waals surface area contributed by atoms with E-state index in [1.165, 1.54) is 5.56 Å². The fourth-order valence-corrected chi connectivity index (χ4v) is 2.08. The summed E-state index contributed by atoms with van der Waals surface area (Å²) in [5.74, 6) is 0.529. The molecule has 1 atom stereocenters. The quantitative estimate of drug-likeness (QED) is 0.821. The molecule has 0 bridgehead atoms. The minimum absolute atomic E-state index is 0.00772. The molecule has 2 aromatic rings. The number of hydrogen-bond acceptors (Lipinski definition) is 4. The van der Waals surface area contributed by atoms with Crippen LogP contribution in [0.5, 0.6) is 5.75 Å². The van der Waals surface area contributed by atoms with Gasteiger partial charge in [0.1, 0.15) is 5.75 Å². The van der Waals surface area contributed by atoms with E-state index in [9.17, 15) is 4.79 Å². The number of hydrogen-bond donors (Lipinski definition) is 0. The molecule has 2 heterocycles. The van der Waals surface area contributed by atoms with Crippen LogP contribution in [0.3, 0.4) is 0 Å². The Morgan fingerprint density at radius 2 is 2.18 bits per heavy atom. The molecule has 22 heavy (non-hydrogen) atoms. The van der Waals surface area contributed by atoms with Crippen LogP contribution in [0.15, 0.2) is 42.9 Å². The summed E-state index contributed by atoms with van der Waals surface area (Å²) in [6, 6.07) is 7.61. The molecule has 0 aliphatic carbocycles. The normalized spacial score (nSPS) is 11.8. The second kappa shape index (κ2) is 7.54. The van der Waals surface area contributed by atoms with E-state index in [1.54, 1.807) is 42.7 Å². The highest BCUT2D eigenvalue weighted by Gasteiger charge is 2.17. The first-order valence-electron chi connectivity index (χ1n) is 7.26. The van der Waals surface area contributed by atoms with Gasteiger partial charge in [0.25, 0.3) is 5.91 Å². The molecule has 0 aliphatic rings. The van der Waals surface area contributed by atoms with Crippen molar-refractivity contribution in [1.82, 2.24) is 14.9 Å². The maximum Gasteiger partial charge on any atom is 0.260 e. The zero-order valence-electron chi connectivity index (χ0n) is 13.2. The van der Waals surface area contributed by atoms with E-state index in [0.717, 1.165) is 12.1 Å². The molecular formula is C17H21N3O2. The average molecular weight is 299 g/mol. The van der Waals surface area contributed by atoms with E-state index in [4.69, 9.17) is 4.74 Å². The van der Waals surface area contributed by atoms with Gasteiger partial charge in [-0.2, -0.15) is 0 Å². The highest BCUT2D eigenvalue weighted by atomic mass is 16.5. The number of nitrogens with zero attached hydrogens (tertiary/aromatic N) is 3. The molecule has 5 nitrogen and oxygen atoms in total. The lowest BCUT2D eigenvalue weighted by atomic mass is 10.1. The molecule has 0 radical (unpaired) electrons. The number of carbonyl (C=O) groups excluding carboxylic acids is 1. The largest absolute Gasteiger partial charge is 0.482 e. The number of pyridine rings is 2. The van der Waals surface area contributed by atoms with Crippen LogP contribution in [-0.4, -0.2) is 40.5 Å². The molecule has 0 unspecified atom stereocenters. The topological polar surface area (TPSA) is 55.3 Å². The number of likely N-dealkylation sites (N-methyl/N-ethyl adjacent to an activating group) is 1. The molecule has 0 saturated heterocycles. The standard InChI is InChI=1S/C17H21N3O2/c1-13-6-8-19-15(9-13)10-14(2)20(3)17(21)12-22-16-5-4-7-18-11-16/h4-9,11,14H,10,12H2,1-3H3/t14-/m1/s1. The van der Waals surface area contributed by atoms with Crippen LogP contribution in [0.2, 0.25) is 0 Å². The summed E-state index contributed by atoms with van der Waals surface area (Å²) in [5.41, 5.74) is 2.16. The Kier molecular flexibility index (Phi) is 5.47. The molecule has 116 valence electrons. The van der Waals surface area contributed by atoms with E-state index in [1.807, 2.05) is 26.0 Å². The van der Waals surface area contributed by atoms with E-state index in [0.29, 0.717) is 5.75 Å². The van der Waals surface area contributed by atoms with Gasteiger partial charge in [-0.25, -0.2) is 0 Å². The summed E-state index contributed by atoms with van der Waals surface area (Å²) < 4.78 is 5.44. The van der Waals surface area contributed by atoms with E-state index in [2.05, 4.69) is 9.97 Å². The summed E-state index contributed by atoms with van der Waals surface area (Å²) in [6.45, 7) is 4.05. The zero-order chi connectivity index (χ0) is 15.9. The van der Waals surface area contributed by atoms with Crippen molar-refractivity contribution in [2.24, 2.45) is 0 Å². The van der Waals surface area contributed by atoms with Crippen molar-refractivity contribution < 1.29 is 9.53 Å². The van der Waals surface area contributed by atoms with Crippen molar-refractivity contribution in [3.63, 3.8) is 0 Å². The second-order valence-corrected chi connectivity index (χ2v) is 5.36. The Bertz CT molecular complexity index is 616. The molecule has 2 rings (SSSR count). The lowest BCUT2D eigenvalue weighted by molar-refractivity contribution is -0.133. The molecule has 0 spiro atoms. The number of carbonyl (C=O) groups is 1. The van der Waals surface area contributed by atoms with Gasteiger partial charge in [-0.05, 0) is 43.7 Å². The van der Waals surface area contributed by atoms with Gasteiger partial charge in [0, 0.05) is 37.6 Å². The minimum atomic E-state index is -0.0657. The Balaban J connectivity index is 1.86. The first kappa shape index (κ1) is 15.9. The van der Waals surface area contributed by atoms with Crippen molar-refractivity contribution in [2.45, 2.75) is 26.3 Å². The summed E-state index contributed by atoms with van der Waals surface area (Å²) in [4.78, 5) is 22.2. The summed E-state index contributed by atoms with van der Waals surface area (Å²) >= 11 is 0. The number of aryl methyl sites for hydroxylation is 1. The molecule has 0 aromatic carbocycles. The first-order chi connectivity index (χ1) is 10.6. The SMILES string of the molecule is Cc1ccnc(C[C@@H](C)N(C)C(=O)COc2cccnc2)c1. The van der Waals surface area contributed by atoms with Crippen LogP contribution in [0, 0.1) is 6.92 Å². The van der Waals surface area contributed by atoms with Gasteiger partial charge in [0.2, 0.25) is 0 Å². The van der Waals surface area contributed by atoms with Gasteiger partial charge in [-0.3, -0.25) is 14.8 Å². The molecule has 0 fully saturated rings. The van der Waals surface area contributed by atoms with Gasteiger partial charge in [-0.1, -0.05) is 0 Å². The fraction of sp³-hybridized carbons (Fsp3) is 0.353. The molecule has 0 N–H and O–H groups in total. The van der Waals surface area contributed by atoms with E-state index < -0.39 is 0 Å². The lowest BCUT2D eigenvalue weighted by Gasteiger charge is -2.24. The van der Waals surface area contributed by atoms with Crippen LogP contribution in [0.1, 0.15) is 18.2 Å². The van der Waals surface area contributed by atoms with Crippen LogP contribution in [-0.2, 0) is 11.2 Å². The number of ether oxygens (including phenoxy) is 1. The summed E-state index contributed by atoms with van der Waals surface area (Å²) in [7, 11) is 1.79. The van der Waals surface area contributed by atoms with Crippen molar-refractivity contribution >= 4 is 5.91 Å². The predicted molar refractivity (Wildman–Crippen MR) is 84.6 cm³/mol. The minimum Gasteiger partial charge on any atom is -0.482 e. The van der Waals surface area contributed by atoms with Gasteiger partial charge in [-0.15, -0.1) is 0 Å². The van der Waals surface area contributed by atoms with Crippen molar-refractivity contribution in [1.29, 1.82) is 0 Å². The molecule has 0 aliphatic heterocycles. The summed E-state index contributed by atoms with van der Waals surface area (Å²) in [5, 5.41) is 0. The van der Waals surface area contributed by atoms with Crippen molar-refractivity contribution in [2.75, 3.05) is 13.7 Å². The van der Waals surface area contributed by atoms with Gasteiger partial charge in [0.05, 0.1) is 6.20 Å². The second-order valence-electron chi connectivity index (χ2n) is 5.36. The highest BCUT2D eigenvalue weighted by Crippen LogP contribution is 2.09. The molecule has 1 amide bonds. The number of rotatable bonds is 6. The third-order valence-corrected chi connectivity index (χ3v) is 3.53. The van der Waals surface area contributed by atoms with Crippen LogP contribution in [0.4, 0.5) is 0 Å². The first-order valence-corrected chi connectivity index (χ1v) is 7.26. The lowest BCUT2D eigenvalue weighted by Crippen LogP contribution is -2.39. The van der Waals surface area contributed by atoms with Gasteiger partial charge in [0.15, 0.2) is 6.61 Å². The molecular weight excluding hydrogens is 278 g/mol. The zero-order valence-corrected chi connectivity index (χ0v) is 13.2. The van der Waals surface area contributed by atoms with Gasteiger partial charge >= 0.3 is 0 Å². The van der Waals surface area contributed by atoms with Crippen LogP contribution >= 0.6 is 0 Å². The maximum absolute atomic E-state index is 12.2. The smallest absolute Gasteiger partial charge is 0.260 e. The molecule has 5 heteroatoms. The Morgan fingerprint density at radius 3 is 2.86 bits per heavy atom. The van der Waals surface area contributed by atoms with Gasteiger partial charge < -0.3 is 9.64 Å². The Labute approximate surface area is 131 Å². The van der Waals surface area contributed by atoms with Crippen LogP contribution in [0.25, 0.3) is 0 Å². The fourth-order valence-electron chi connectivity index (χ4n) is 2.08. The third kappa shape index (κ3) is 4.55. The van der Waals surface area contributed by atoms with Crippen LogP contribution < -0.4 is 4.74 Å². The number of amides is 1. The molecule has 2 aromatic heterocycles. The summed E-state index contributed by atoms with van der Waals surface area (Å²) in [6.07, 6.45) is 5.77. The van der Waals surface area contributed by atoms with Crippen molar-refractivity contribution in [3.8, 4) is 5.75 Å². The van der Waals surface area contributed by atoms with E-state index in [-0.39, 0.29) is 18.6 Å². The number of aromatic nitrogens is 2. The molecule has 0 saturated carbocycles.